The van der Waals surface area contributed by atoms with Crippen LogP contribution in [-0.2, 0) is 4.79 Å². The summed E-state index contributed by atoms with van der Waals surface area (Å²) >= 11 is 1.69. The van der Waals surface area contributed by atoms with E-state index >= 15 is 0 Å². The minimum atomic E-state index is -0.817. The average molecular weight is 274 g/mol. The Morgan fingerprint density at radius 1 is 1.44 bits per heavy atom. The maximum Gasteiger partial charge on any atom is 0.317 e. The van der Waals surface area contributed by atoms with Gasteiger partial charge in [-0.3, -0.25) is 4.79 Å². The predicted molar refractivity (Wildman–Crippen MR) is 72.9 cm³/mol. The van der Waals surface area contributed by atoms with Crippen LogP contribution in [0, 0.1) is 11.8 Å². The molecule has 0 saturated carbocycles. The molecule has 2 N–H and O–H groups in total. The lowest BCUT2D eigenvalue weighted by molar-refractivity contribution is -0.142. The highest BCUT2D eigenvalue weighted by Gasteiger charge is 2.37. The van der Waals surface area contributed by atoms with Crippen LogP contribution in [0.25, 0.3) is 0 Å². The summed E-state index contributed by atoms with van der Waals surface area (Å²) in [5, 5.41) is 11.9. The van der Waals surface area contributed by atoms with Crippen molar-refractivity contribution in [2.75, 3.05) is 25.9 Å². The van der Waals surface area contributed by atoms with Gasteiger partial charge >= 0.3 is 12.0 Å². The van der Waals surface area contributed by atoms with Crippen molar-refractivity contribution in [1.29, 1.82) is 0 Å². The molecule has 0 aromatic rings. The molecule has 0 unspecified atom stereocenters. The first-order valence-electron chi connectivity index (χ1n) is 6.07. The molecule has 6 heteroatoms. The third-order valence-electron chi connectivity index (χ3n) is 3.43. The topological polar surface area (TPSA) is 69.6 Å². The Balaban J connectivity index is 2.47. The number of carbonyl (C=O) groups excluding carboxylic acids is 1. The molecule has 1 aliphatic rings. The maximum atomic E-state index is 11.9. The van der Waals surface area contributed by atoms with Crippen molar-refractivity contribution in [2.45, 2.75) is 25.5 Å². The van der Waals surface area contributed by atoms with E-state index in [4.69, 9.17) is 5.11 Å². The number of hydrogen-bond donors (Lipinski definition) is 2. The number of nitrogens with zero attached hydrogens (tertiary/aromatic N) is 1. The van der Waals surface area contributed by atoms with Gasteiger partial charge in [-0.15, -0.1) is 0 Å². The van der Waals surface area contributed by atoms with E-state index in [1.807, 2.05) is 13.2 Å². The summed E-state index contributed by atoms with van der Waals surface area (Å²) in [6.07, 6.45) is 2.00. The van der Waals surface area contributed by atoms with Crippen molar-refractivity contribution in [2.24, 2.45) is 11.8 Å². The summed E-state index contributed by atoms with van der Waals surface area (Å²) < 4.78 is -0.00675. The molecule has 0 spiro atoms. The first kappa shape index (κ1) is 15.1. The molecule has 1 heterocycles. The molecule has 0 aromatic carbocycles. The number of aliphatic carboxylic acids is 1. The molecule has 2 atom stereocenters. The number of rotatable bonds is 4. The molecule has 0 radical (unpaired) electrons. The number of carboxylic acid groups (broad SMARTS) is 1. The number of nitrogens with one attached hydrogen (secondary N) is 1. The van der Waals surface area contributed by atoms with Gasteiger partial charge in [-0.25, -0.2) is 4.79 Å². The van der Waals surface area contributed by atoms with Crippen molar-refractivity contribution in [1.82, 2.24) is 10.2 Å². The quantitative estimate of drug-likeness (QED) is 0.815. The Kier molecular flexibility index (Phi) is 4.90. The number of likely N-dealkylation sites (tertiary alicyclic amines) is 1. The fourth-order valence-corrected chi connectivity index (χ4v) is 2.14. The monoisotopic (exact) mass is 274 g/mol. The van der Waals surface area contributed by atoms with Gasteiger partial charge in [0, 0.05) is 24.4 Å². The summed E-state index contributed by atoms with van der Waals surface area (Å²) in [6.45, 7) is 7.40. The first-order chi connectivity index (χ1) is 8.26. The average Bonchev–Trinajstić information content (AvgIpc) is 2.68. The molecule has 0 bridgehead atoms. The maximum absolute atomic E-state index is 11.9. The lowest BCUT2D eigenvalue weighted by atomic mass is 9.99. The second-order valence-corrected chi connectivity index (χ2v) is 6.96. The van der Waals surface area contributed by atoms with Crippen LogP contribution in [0.15, 0.2) is 0 Å². The highest BCUT2D eigenvalue weighted by molar-refractivity contribution is 7.99. The Labute approximate surface area is 112 Å². The van der Waals surface area contributed by atoms with Gasteiger partial charge in [-0.05, 0) is 26.0 Å². The third-order valence-corrected chi connectivity index (χ3v) is 4.68. The molecule has 104 valence electrons. The second kappa shape index (κ2) is 5.82. The second-order valence-electron chi connectivity index (χ2n) is 5.45. The van der Waals surface area contributed by atoms with Crippen LogP contribution in [0.1, 0.15) is 20.8 Å². The third kappa shape index (κ3) is 3.80. The van der Waals surface area contributed by atoms with Gasteiger partial charge in [0.25, 0.3) is 0 Å². The lowest BCUT2D eigenvalue weighted by Crippen LogP contribution is -2.44. The number of thioether (sulfide) groups is 1. The molecular formula is C12H22N2O3S. The molecule has 1 rings (SSSR count). The van der Waals surface area contributed by atoms with E-state index in [-0.39, 0.29) is 16.7 Å². The SMILES string of the molecule is CSC(C)(C)CNC(=O)N1C[C@@H](C)[C@H](C(=O)O)C1. The fourth-order valence-electron chi connectivity index (χ4n) is 1.93. The number of carbonyl (C=O) groups is 2. The van der Waals surface area contributed by atoms with E-state index in [1.54, 1.807) is 16.7 Å². The van der Waals surface area contributed by atoms with Crippen molar-refractivity contribution < 1.29 is 14.7 Å². The number of amides is 2. The normalized spacial score (nSPS) is 24.1. The van der Waals surface area contributed by atoms with Crippen LogP contribution in [0.5, 0.6) is 0 Å². The number of hydrogen-bond acceptors (Lipinski definition) is 3. The lowest BCUT2D eigenvalue weighted by Gasteiger charge is -2.24. The van der Waals surface area contributed by atoms with E-state index < -0.39 is 11.9 Å². The fraction of sp³-hybridized carbons (Fsp3) is 0.833. The van der Waals surface area contributed by atoms with Gasteiger partial charge in [0.05, 0.1) is 5.92 Å². The van der Waals surface area contributed by atoms with Gasteiger partial charge in [0.15, 0.2) is 0 Å². The van der Waals surface area contributed by atoms with Crippen LogP contribution in [0.2, 0.25) is 0 Å². The van der Waals surface area contributed by atoms with Gasteiger partial charge in [-0.2, -0.15) is 11.8 Å². The summed E-state index contributed by atoms with van der Waals surface area (Å²) in [5.41, 5.74) is 0. The molecule has 1 fully saturated rings. The van der Waals surface area contributed by atoms with Gasteiger partial charge < -0.3 is 15.3 Å². The van der Waals surface area contributed by atoms with Crippen molar-refractivity contribution >= 4 is 23.8 Å². The Morgan fingerprint density at radius 2 is 2.06 bits per heavy atom. The van der Waals surface area contributed by atoms with Crippen molar-refractivity contribution in [3.05, 3.63) is 0 Å². The van der Waals surface area contributed by atoms with Gasteiger partial charge in [0.1, 0.15) is 0 Å². The Bertz CT molecular complexity index is 333. The minimum absolute atomic E-state index is 0.00675. The zero-order valence-electron chi connectivity index (χ0n) is 11.4. The summed E-state index contributed by atoms with van der Waals surface area (Å²) in [4.78, 5) is 24.5. The smallest absolute Gasteiger partial charge is 0.317 e. The van der Waals surface area contributed by atoms with Crippen LogP contribution in [-0.4, -0.2) is 52.6 Å². The van der Waals surface area contributed by atoms with Crippen molar-refractivity contribution in [3.63, 3.8) is 0 Å². The summed E-state index contributed by atoms with van der Waals surface area (Å²) in [5.74, 6) is -1.24. The van der Waals surface area contributed by atoms with Crippen LogP contribution >= 0.6 is 11.8 Å². The zero-order valence-corrected chi connectivity index (χ0v) is 12.2. The number of urea groups is 1. The van der Waals surface area contributed by atoms with Gasteiger partial charge in [0.2, 0.25) is 0 Å². The largest absolute Gasteiger partial charge is 0.481 e. The van der Waals surface area contributed by atoms with E-state index in [2.05, 4.69) is 19.2 Å². The predicted octanol–water partition coefficient (Wildman–Crippen LogP) is 1.49. The summed E-state index contributed by atoms with van der Waals surface area (Å²) in [7, 11) is 0. The van der Waals surface area contributed by atoms with E-state index in [9.17, 15) is 9.59 Å². The molecule has 0 aromatic heterocycles. The molecule has 0 aliphatic carbocycles. The van der Waals surface area contributed by atoms with E-state index in [0.717, 1.165) is 0 Å². The molecule has 2 amide bonds. The van der Waals surface area contributed by atoms with Crippen LogP contribution in [0.3, 0.4) is 0 Å². The van der Waals surface area contributed by atoms with Crippen LogP contribution < -0.4 is 5.32 Å². The first-order valence-corrected chi connectivity index (χ1v) is 7.30. The molecule has 1 saturated heterocycles. The number of carboxylic acids is 1. The summed E-state index contributed by atoms with van der Waals surface area (Å²) in [6, 6.07) is -0.160. The van der Waals surface area contributed by atoms with Crippen LogP contribution in [0.4, 0.5) is 4.79 Å². The molecular weight excluding hydrogens is 252 g/mol. The Morgan fingerprint density at radius 3 is 2.50 bits per heavy atom. The zero-order chi connectivity index (χ0) is 13.9. The van der Waals surface area contributed by atoms with Crippen molar-refractivity contribution in [3.8, 4) is 0 Å². The highest BCUT2D eigenvalue weighted by Crippen LogP contribution is 2.24. The van der Waals surface area contributed by atoms with Gasteiger partial charge in [-0.1, -0.05) is 6.92 Å². The van der Waals surface area contributed by atoms with E-state index in [0.29, 0.717) is 19.6 Å². The molecule has 18 heavy (non-hydrogen) atoms. The molecule has 5 nitrogen and oxygen atoms in total. The Hall–Kier alpha value is -0.910. The molecule has 1 aliphatic heterocycles. The van der Waals surface area contributed by atoms with E-state index in [1.165, 1.54) is 0 Å². The standard InChI is InChI=1S/C12H22N2O3S/c1-8-5-14(6-9(8)10(15)16)11(17)13-7-12(2,3)18-4/h8-9H,5-7H2,1-4H3,(H,13,17)(H,15,16)/t8-,9-/m1/s1. The highest BCUT2D eigenvalue weighted by atomic mass is 32.2. The minimum Gasteiger partial charge on any atom is -0.481 e.